The predicted molar refractivity (Wildman–Crippen MR) is 106 cm³/mol. The topological polar surface area (TPSA) is 72.4 Å². The van der Waals surface area contributed by atoms with Crippen LogP contribution in [0, 0.1) is 39.9 Å². The number of methoxy groups -OCH3 is 1. The summed E-state index contributed by atoms with van der Waals surface area (Å²) in [7, 11) is 1.64. The van der Waals surface area contributed by atoms with Crippen molar-refractivity contribution < 1.29 is 4.74 Å². The molecule has 5 nitrogen and oxygen atoms in total. The largest absolute Gasteiger partial charge is 0.353 e. The van der Waals surface area contributed by atoms with Crippen LogP contribution in [0.5, 0.6) is 0 Å². The lowest BCUT2D eigenvalue weighted by atomic mass is 9.89. The number of rotatable bonds is 4. The van der Waals surface area contributed by atoms with Crippen molar-refractivity contribution >= 4 is 5.71 Å². The highest BCUT2D eigenvalue weighted by Gasteiger charge is 2.74. The third-order valence-corrected chi connectivity index (χ3v) is 6.16. The number of hydrogen-bond donors (Lipinski definition) is 0. The van der Waals surface area contributed by atoms with Gasteiger partial charge in [0.25, 0.3) is 0 Å². The van der Waals surface area contributed by atoms with Crippen LogP contribution in [0.25, 0.3) is 0 Å². The van der Waals surface area contributed by atoms with Crippen molar-refractivity contribution in [1.82, 2.24) is 5.01 Å². The molecule has 4 rings (SSSR count). The van der Waals surface area contributed by atoms with E-state index in [0.29, 0.717) is 0 Å². The molecule has 0 unspecified atom stereocenters. The van der Waals surface area contributed by atoms with Crippen LogP contribution < -0.4 is 0 Å². The summed E-state index contributed by atoms with van der Waals surface area (Å²) in [6.07, 6.45) is 0. The first-order valence-electron chi connectivity index (χ1n) is 9.35. The summed E-state index contributed by atoms with van der Waals surface area (Å²) in [5.74, 6) is 0.230. The van der Waals surface area contributed by atoms with E-state index in [1.54, 1.807) is 12.1 Å². The molecule has 1 aliphatic carbocycles. The Balaban J connectivity index is 1.98. The van der Waals surface area contributed by atoms with E-state index in [1.165, 1.54) is 0 Å². The van der Waals surface area contributed by atoms with Gasteiger partial charge in [0.2, 0.25) is 6.04 Å². The maximum absolute atomic E-state index is 9.70. The number of hydrazone groups is 1. The quantitative estimate of drug-likeness (QED) is 0.818. The van der Waals surface area contributed by atoms with E-state index in [1.807, 2.05) is 60.7 Å². The Morgan fingerprint density at radius 2 is 1.57 bits per heavy atom. The first kappa shape index (κ1) is 18.2. The van der Waals surface area contributed by atoms with Gasteiger partial charge in [0.15, 0.2) is 5.72 Å². The number of benzene rings is 2. The fourth-order valence-corrected chi connectivity index (χ4v) is 4.83. The van der Waals surface area contributed by atoms with Gasteiger partial charge in [0, 0.05) is 24.5 Å². The first-order valence-corrected chi connectivity index (χ1v) is 9.35. The third kappa shape index (κ3) is 2.37. The molecular weight excluding hydrogens is 348 g/mol. The summed E-state index contributed by atoms with van der Waals surface area (Å²) < 4.78 is 6.15. The van der Waals surface area contributed by atoms with E-state index in [2.05, 4.69) is 26.0 Å². The lowest BCUT2D eigenvalue weighted by Crippen LogP contribution is -2.54. The van der Waals surface area contributed by atoms with Crippen molar-refractivity contribution in [2.75, 3.05) is 7.11 Å². The van der Waals surface area contributed by atoms with Gasteiger partial charge < -0.3 is 4.74 Å². The van der Waals surface area contributed by atoms with E-state index in [4.69, 9.17) is 9.84 Å². The molecule has 0 spiro atoms. The monoisotopic (exact) mass is 370 g/mol. The molecular formula is C23H22N4O. The second kappa shape index (κ2) is 6.48. The average Bonchev–Trinajstić information content (AvgIpc) is 3.32. The molecule has 1 aliphatic heterocycles. The lowest BCUT2D eigenvalue weighted by molar-refractivity contribution is -0.175. The Labute approximate surface area is 165 Å². The molecule has 0 bridgehead atoms. The van der Waals surface area contributed by atoms with E-state index >= 15 is 0 Å². The molecule has 2 aromatic rings. The van der Waals surface area contributed by atoms with Crippen LogP contribution in [-0.2, 0) is 10.5 Å². The summed E-state index contributed by atoms with van der Waals surface area (Å²) >= 11 is 0. The maximum atomic E-state index is 9.70. The molecule has 1 fully saturated rings. The van der Waals surface area contributed by atoms with Crippen LogP contribution in [0.15, 0.2) is 65.8 Å². The molecule has 0 radical (unpaired) electrons. The van der Waals surface area contributed by atoms with Crippen molar-refractivity contribution in [3.63, 3.8) is 0 Å². The summed E-state index contributed by atoms with van der Waals surface area (Å²) in [6.45, 7) is 4.41. The molecule has 0 amide bonds. The highest BCUT2D eigenvalue weighted by atomic mass is 16.5. The van der Waals surface area contributed by atoms with Crippen molar-refractivity contribution in [3.05, 3.63) is 71.8 Å². The number of fused-ring (bicyclic) bond motifs is 1. The number of nitrogens with zero attached hydrogens (tertiary/aromatic N) is 4. The molecule has 2 aromatic carbocycles. The Bertz CT molecular complexity index is 973. The van der Waals surface area contributed by atoms with Crippen LogP contribution in [0.1, 0.15) is 25.0 Å². The van der Waals surface area contributed by atoms with Gasteiger partial charge >= 0.3 is 0 Å². The summed E-state index contributed by atoms with van der Waals surface area (Å²) in [4.78, 5) is 0. The van der Waals surface area contributed by atoms with Crippen LogP contribution in [-0.4, -0.2) is 23.9 Å². The smallest absolute Gasteiger partial charge is 0.222 e. The van der Waals surface area contributed by atoms with E-state index in [0.717, 1.165) is 16.8 Å². The Morgan fingerprint density at radius 3 is 2.11 bits per heavy atom. The van der Waals surface area contributed by atoms with Crippen LogP contribution in [0.4, 0.5) is 0 Å². The van der Waals surface area contributed by atoms with Crippen LogP contribution in [0.3, 0.4) is 0 Å². The highest BCUT2D eigenvalue weighted by Crippen LogP contribution is 2.70. The Hall–Kier alpha value is -3.15. The molecule has 1 heterocycles. The normalized spacial score (nSPS) is 27.4. The Kier molecular flexibility index (Phi) is 4.22. The zero-order valence-corrected chi connectivity index (χ0v) is 16.2. The van der Waals surface area contributed by atoms with Crippen LogP contribution >= 0.6 is 0 Å². The molecule has 0 aromatic heterocycles. The minimum Gasteiger partial charge on any atom is -0.353 e. The van der Waals surface area contributed by atoms with Gasteiger partial charge in [-0.15, -0.1) is 0 Å². The lowest BCUT2D eigenvalue weighted by Gasteiger charge is -2.45. The molecule has 2 aliphatic rings. The fourth-order valence-electron chi connectivity index (χ4n) is 4.83. The van der Waals surface area contributed by atoms with Gasteiger partial charge in [-0.05, 0) is 11.0 Å². The third-order valence-electron chi connectivity index (χ3n) is 6.16. The fraction of sp³-hybridized carbons (Fsp3) is 0.348. The van der Waals surface area contributed by atoms with Crippen molar-refractivity contribution in [2.24, 2.45) is 22.4 Å². The second-order valence-electron chi connectivity index (χ2n) is 7.90. The zero-order chi connectivity index (χ0) is 19.9. The summed E-state index contributed by atoms with van der Waals surface area (Å²) in [5, 5.41) is 25.9. The SMILES string of the molecule is CO[C@@]1(c2ccccc2)[C@@H]2[C@@H](C(c3ccccc3)=NN1C(C#N)C#N)C2(C)C. The second-order valence-corrected chi connectivity index (χ2v) is 7.90. The number of ether oxygens (including phenoxy) is 1. The Morgan fingerprint density at radius 1 is 1.00 bits per heavy atom. The van der Waals surface area contributed by atoms with Crippen molar-refractivity contribution in [1.29, 1.82) is 10.5 Å². The summed E-state index contributed by atoms with van der Waals surface area (Å²) in [5.41, 5.74) is 1.77. The van der Waals surface area contributed by atoms with Gasteiger partial charge in [-0.3, -0.25) is 0 Å². The maximum Gasteiger partial charge on any atom is 0.222 e. The van der Waals surface area contributed by atoms with E-state index < -0.39 is 11.8 Å². The van der Waals surface area contributed by atoms with Gasteiger partial charge in [-0.1, -0.05) is 74.5 Å². The molecule has 0 saturated heterocycles. The van der Waals surface area contributed by atoms with Gasteiger partial charge in [0.1, 0.15) is 12.1 Å². The van der Waals surface area contributed by atoms with E-state index in [9.17, 15) is 10.5 Å². The minimum absolute atomic E-state index is 0.0595. The molecule has 3 atom stereocenters. The van der Waals surface area contributed by atoms with Gasteiger partial charge in [0.05, 0.1) is 5.71 Å². The van der Waals surface area contributed by atoms with E-state index in [-0.39, 0.29) is 17.3 Å². The van der Waals surface area contributed by atoms with Gasteiger partial charge in [-0.25, -0.2) is 5.01 Å². The molecule has 0 N–H and O–H groups in total. The standard InChI is InChI=1S/C23H22N4O/c1-22(2)19-20(16-10-6-4-7-11-16)26-27(18(14-24)15-25)23(28-3,21(19)22)17-12-8-5-9-13-17/h4-13,18-19,21H,1-3H3/t19-,21-,23+/m1/s1. The van der Waals surface area contributed by atoms with Gasteiger partial charge in [-0.2, -0.15) is 15.6 Å². The average molecular weight is 370 g/mol. The summed E-state index contributed by atoms with van der Waals surface area (Å²) in [6, 6.07) is 22.9. The highest BCUT2D eigenvalue weighted by molar-refractivity contribution is 6.05. The molecule has 5 heteroatoms. The number of hydrogen-bond acceptors (Lipinski definition) is 5. The number of nitriles is 2. The molecule has 1 saturated carbocycles. The predicted octanol–water partition coefficient (Wildman–Crippen LogP) is 3.89. The molecule has 28 heavy (non-hydrogen) atoms. The van der Waals surface area contributed by atoms with Crippen molar-refractivity contribution in [2.45, 2.75) is 25.6 Å². The van der Waals surface area contributed by atoms with Crippen molar-refractivity contribution in [3.8, 4) is 12.1 Å². The molecule has 140 valence electrons. The minimum atomic E-state index is -1.06. The zero-order valence-electron chi connectivity index (χ0n) is 16.2. The van der Waals surface area contributed by atoms with Crippen LogP contribution in [0.2, 0.25) is 0 Å². The first-order chi connectivity index (χ1) is 13.5.